The van der Waals surface area contributed by atoms with Gasteiger partial charge in [-0.25, -0.2) is 4.79 Å². The SMILES string of the molecule is CCOC(=O)c1ccnc(CN2CC(=O)N(CCN(C)C)c3cccnc3C2)c1. The Kier molecular flexibility index (Phi) is 6.90. The molecule has 3 heterocycles. The first-order valence-corrected chi connectivity index (χ1v) is 9.71. The molecule has 0 aliphatic carbocycles. The van der Waals surface area contributed by atoms with Crippen LogP contribution in [0, 0.1) is 0 Å². The van der Waals surface area contributed by atoms with Crippen LogP contribution in [0.4, 0.5) is 5.69 Å². The summed E-state index contributed by atoms with van der Waals surface area (Å²) in [6.07, 6.45) is 3.34. The lowest BCUT2D eigenvalue weighted by molar-refractivity contribution is -0.119. The molecular weight excluding hydrogens is 370 g/mol. The molecule has 0 aromatic carbocycles. The Balaban J connectivity index is 1.80. The molecule has 0 saturated heterocycles. The largest absolute Gasteiger partial charge is 0.462 e. The van der Waals surface area contributed by atoms with Crippen molar-refractivity contribution in [1.29, 1.82) is 0 Å². The van der Waals surface area contributed by atoms with Crippen molar-refractivity contribution in [3.63, 3.8) is 0 Å². The average Bonchev–Trinajstić information content (AvgIpc) is 2.82. The van der Waals surface area contributed by atoms with Gasteiger partial charge in [-0.2, -0.15) is 0 Å². The zero-order valence-corrected chi connectivity index (χ0v) is 17.2. The molecule has 0 unspecified atom stereocenters. The number of esters is 1. The minimum atomic E-state index is -0.370. The molecule has 29 heavy (non-hydrogen) atoms. The van der Waals surface area contributed by atoms with E-state index in [1.165, 1.54) is 0 Å². The van der Waals surface area contributed by atoms with E-state index in [0.29, 0.717) is 37.5 Å². The maximum Gasteiger partial charge on any atom is 0.338 e. The molecule has 0 spiro atoms. The minimum Gasteiger partial charge on any atom is -0.462 e. The Labute approximate surface area is 171 Å². The molecule has 0 atom stereocenters. The number of ether oxygens (including phenoxy) is 1. The van der Waals surface area contributed by atoms with Crippen LogP contribution in [0.2, 0.25) is 0 Å². The highest BCUT2D eigenvalue weighted by Gasteiger charge is 2.27. The smallest absolute Gasteiger partial charge is 0.338 e. The summed E-state index contributed by atoms with van der Waals surface area (Å²) in [5.41, 5.74) is 2.89. The standard InChI is InChI=1S/C21H27N5O3/c1-4-29-21(28)16-7-9-22-17(12-16)13-25-14-18-19(6-5-8-23-18)26(20(27)15-25)11-10-24(2)3/h5-9,12H,4,10-11,13-15H2,1-3H3. The number of amides is 1. The highest BCUT2D eigenvalue weighted by molar-refractivity contribution is 5.96. The Bertz CT molecular complexity index is 871. The number of hydrogen-bond donors (Lipinski definition) is 0. The van der Waals surface area contributed by atoms with E-state index >= 15 is 0 Å². The molecule has 0 bridgehead atoms. The molecule has 2 aromatic heterocycles. The number of pyridine rings is 2. The van der Waals surface area contributed by atoms with E-state index < -0.39 is 0 Å². The molecule has 0 radical (unpaired) electrons. The third kappa shape index (κ3) is 5.36. The zero-order valence-electron chi connectivity index (χ0n) is 17.2. The first-order valence-electron chi connectivity index (χ1n) is 9.71. The van der Waals surface area contributed by atoms with Gasteiger partial charge in [-0.15, -0.1) is 0 Å². The quantitative estimate of drug-likeness (QED) is 0.656. The molecule has 2 aromatic rings. The van der Waals surface area contributed by atoms with Crippen LogP contribution in [0.5, 0.6) is 0 Å². The highest BCUT2D eigenvalue weighted by atomic mass is 16.5. The van der Waals surface area contributed by atoms with Crippen LogP contribution in [0.25, 0.3) is 0 Å². The summed E-state index contributed by atoms with van der Waals surface area (Å²) in [6, 6.07) is 7.15. The van der Waals surface area contributed by atoms with Crippen LogP contribution in [0.3, 0.4) is 0 Å². The normalized spacial score (nSPS) is 14.6. The summed E-state index contributed by atoms with van der Waals surface area (Å²) >= 11 is 0. The molecule has 3 rings (SSSR count). The Morgan fingerprint density at radius 1 is 1.21 bits per heavy atom. The maximum absolute atomic E-state index is 13.0. The van der Waals surface area contributed by atoms with E-state index in [9.17, 15) is 9.59 Å². The lowest BCUT2D eigenvalue weighted by atomic mass is 10.2. The number of hydrogen-bond acceptors (Lipinski definition) is 7. The predicted octanol–water partition coefficient (Wildman–Crippen LogP) is 1.56. The molecule has 1 aliphatic rings. The van der Waals surface area contributed by atoms with Gasteiger partial charge in [0.1, 0.15) is 0 Å². The van der Waals surface area contributed by atoms with Gasteiger partial charge in [-0.3, -0.25) is 19.7 Å². The van der Waals surface area contributed by atoms with E-state index in [4.69, 9.17) is 4.74 Å². The van der Waals surface area contributed by atoms with Crippen molar-refractivity contribution in [3.05, 3.63) is 53.6 Å². The molecular formula is C21H27N5O3. The van der Waals surface area contributed by atoms with E-state index in [-0.39, 0.29) is 18.4 Å². The number of fused-ring (bicyclic) bond motifs is 1. The van der Waals surface area contributed by atoms with Gasteiger partial charge < -0.3 is 14.5 Å². The van der Waals surface area contributed by atoms with Crippen molar-refractivity contribution in [2.24, 2.45) is 0 Å². The van der Waals surface area contributed by atoms with Crippen LogP contribution < -0.4 is 4.90 Å². The van der Waals surface area contributed by atoms with Crippen molar-refractivity contribution < 1.29 is 14.3 Å². The Morgan fingerprint density at radius 3 is 2.79 bits per heavy atom. The first kappa shape index (κ1) is 20.9. The second kappa shape index (κ2) is 9.58. The third-order valence-electron chi connectivity index (χ3n) is 4.67. The Morgan fingerprint density at radius 2 is 2.03 bits per heavy atom. The number of likely N-dealkylation sites (N-methyl/N-ethyl adjacent to an activating group) is 1. The Hall–Kier alpha value is -2.84. The van der Waals surface area contributed by atoms with Gasteiger partial charge >= 0.3 is 5.97 Å². The summed E-state index contributed by atoms with van der Waals surface area (Å²) in [7, 11) is 3.97. The molecule has 0 saturated carbocycles. The van der Waals surface area contributed by atoms with E-state index in [0.717, 1.165) is 17.9 Å². The monoisotopic (exact) mass is 397 g/mol. The van der Waals surface area contributed by atoms with Gasteiger partial charge in [-0.1, -0.05) is 0 Å². The van der Waals surface area contributed by atoms with Crippen molar-refractivity contribution in [2.75, 3.05) is 45.2 Å². The van der Waals surface area contributed by atoms with Gasteiger partial charge in [0.2, 0.25) is 5.91 Å². The van der Waals surface area contributed by atoms with Gasteiger partial charge in [0.25, 0.3) is 0 Å². The summed E-state index contributed by atoms with van der Waals surface area (Å²) in [5.74, 6) is -0.342. The van der Waals surface area contributed by atoms with Crippen LogP contribution in [0.1, 0.15) is 28.7 Å². The van der Waals surface area contributed by atoms with E-state index in [2.05, 4.69) is 14.9 Å². The van der Waals surface area contributed by atoms with Gasteiger partial charge in [0, 0.05) is 38.6 Å². The van der Waals surface area contributed by atoms with E-state index in [1.807, 2.05) is 36.0 Å². The average molecular weight is 397 g/mol. The number of anilines is 1. The molecule has 0 N–H and O–H groups in total. The number of carbonyl (C=O) groups excluding carboxylic acids is 2. The van der Waals surface area contributed by atoms with Crippen LogP contribution in [-0.4, -0.2) is 72.0 Å². The topological polar surface area (TPSA) is 78.9 Å². The number of rotatable bonds is 7. The lowest BCUT2D eigenvalue weighted by Crippen LogP contribution is -2.40. The maximum atomic E-state index is 13.0. The second-order valence-electron chi connectivity index (χ2n) is 7.22. The molecule has 8 nitrogen and oxygen atoms in total. The van der Waals surface area contributed by atoms with Crippen LogP contribution in [0.15, 0.2) is 36.7 Å². The fourth-order valence-corrected chi connectivity index (χ4v) is 3.27. The molecule has 154 valence electrons. The minimum absolute atomic E-state index is 0.0279. The van der Waals surface area contributed by atoms with Crippen LogP contribution >= 0.6 is 0 Å². The van der Waals surface area contributed by atoms with Crippen molar-refractivity contribution in [1.82, 2.24) is 19.8 Å². The number of aromatic nitrogens is 2. The summed E-state index contributed by atoms with van der Waals surface area (Å²) in [6.45, 7) is 4.70. The molecule has 1 aliphatic heterocycles. The van der Waals surface area contributed by atoms with E-state index in [1.54, 1.807) is 31.5 Å². The summed E-state index contributed by atoms with van der Waals surface area (Å²) < 4.78 is 5.06. The van der Waals surface area contributed by atoms with Crippen molar-refractivity contribution in [2.45, 2.75) is 20.0 Å². The third-order valence-corrected chi connectivity index (χ3v) is 4.67. The summed E-state index contributed by atoms with van der Waals surface area (Å²) in [5, 5.41) is 0. The zero-order chi connectivity index (χ0) is 20.8. The van der Waals surface area contributed by atoms with Crippen molar-refractivity contribution in [3.8, 4) is 0 Å². The van der Waals surface area contributed by atoms with Gasteiger partial charge in [-0.05, 0) is 45.3 Å². The van der Waals surface area contributed by atoms with Gasteiger partial charge in [0.15, 0.2) is 0 Å². The summed E-state index contributed by atoms with van der Waals surface area (Å²) in [4.78, 5) is 39.7. The second-order valence-corrected chi connectivity index (χ2v) is 7.22. The van der Waals surface area contributed by atoms with Crippen molar-refractivity contribution >= 4 is 17.6 Å². The first-order chi connectivity index (χ1) is 14.0. The predicted molar refractivity (Wildman–Crippen MR) is 109 cm³/mol. The molecule has 8 heteroatoms. The fraction of sp³-hybridized carbons (Fsp3) is 0.429. The number of nitrogens with zero attached hydrogens (tertiary/aromatic N) is 5. The lowest BCUT2D eigenvalue weighted by Gasteiger charge is -2.24. The van der Waals surface area contributed by atoms with Gasteiger partial charge in [0.05, 0.1) is 35.8 Å². The molecule has 1 amide bonds. The fourth-order valence-electron chi connectivity index (χ4n) is 3.27. The highest BCUT2D eigenvalue weighted by Crippen LogP contribution is 2.24. The molecule has 0 fully saturated rings. The number of carbonyl (C=O) groups is 2. The van der Waals surface area contributed by atoms with Crippen LogP contribution in [-0.2, 0) is 22.6 Å².